The Hall–Kier alpha value is -1.75. The van der Waals surface area contributed by atoms with Gasteiger partial charge in [0.1, 0.15) is 0 Å². The minimum Gasteiger partial charge on any atom is -0.339 e. The average molecular weight is 404 g/mol. The minimum atomic E-state index is -0.0598. The Labute approximate surface area is 172 Å². The van der Waals surface area contributed by atoms with Gasteiger partial charge >= 0.3 is 6.03 Å². The maximum atomic E-state index is 12.9. The summed E-state index contributed by atoms with van der Waals surface area (Å²) in [5, 5.41) is 3.56. The van der Waals surface area contributed by atoms with Crippen LogP contribution >= 0.6 is 11.6 Å². The van der Waals surface area contributed by atoms with Crippen LogP contribution in [-0.2, 0) is 11.2 Å². The second-order valence-corrected chi connectivity index (χ2v) is 8.85. The fourth-order valence-corrected chi connectivity index (χ4v) is 5.14. The van der Waals surface area contributed by atoms with Gasteiger partial charge in [0.25, 0.3) is 0 Å². The molecule has 3 amide bonds. The molecule has 2 aliphatic heterocycles. The molecule has 28 heavy (non-hydrogen) atoms. The Morgan fingerprint density at radius 1 is 1.04 bits per heavy atom. The van der Waals surface area contributed by atoms with E-state index in [0.717, 1.165) is 57.3 Å². The van der Waals surface area contributed by atoms with Crippen LogP contribution < -0.4 is 5.32 Å². The highest BCUT2D eigenvalue weighted by Gasteiger charge is 2.36. The number of carbonyl (C=O) groups is 2. The topological polar surface area (TPSA) is 52.7 Å². The highest BCUT2D eigenvalue weighted by Crippen LogP contribution is 2.32. The van der Waals surface area contributed by atoms with E-state index in [1.807, 2.05) is 23.1 Å². The molecule has 0 bridgehead atoms. The van der Waals surface area contributed by atoms with E-state index < -0.39 is 0 Å². The Bertz CT molecular complexity index is 726. The van der Waals surface area contributed by atoms with Gasteiger partial charge < -0.3 is 15.1 Å². The van der Waals surface area contributed by atoms with Crippen molar-refractivity contribution in [3.63, 3.8) is 0 Å². The van der Waals surface area contributed by atoms with E-state index in [9.17, 15) is 9.59 Å². The maximum Gasteiger partial charge on any atom is 0.321 e. The maximum absolute atomic E-state index is 12.9. The third kappa shape index (κ3) is 4.29. The zero-order valence-electron chi connectivity index (χ0n) is 16.5. The van der Waals surface area contributed by atoms with Gasteiger partial charge in [-0.25, -0.2) is 4.79 Å². The van der Waals surface area contributed by atoms with E-state index in [4.69, 9.17) is 11.6 Å². The number of anilines is 1. The SMILES string of the molecule is O=C(Nc1ccc(CC2CCN(C3CCCCC3)C2=O)c(Cl)c1)N1CCCC1. The van der Waals surface area contributed by atoms with Crippen molar-refractivity contribution in [1.29, 1.82) is 0 Å². The van der Waals surface area contributed by atoms with Crippen molar-refractivity contribution >= 4 is 29.2 Å². The van der Waals surface area contributed by atoms with E-state index in [-0.39, 0.29) is 11.9 Å². The molecular formula is C22H30ClN3O2. The molecule has 0 spiro atoms. The molecule has 0 aromatic heterocycles. The first-order valence-corrected chi connectivity index (χ1v) is 11.1. The van der Waals surface area contributed by atoms with Gasteiger partial charge in [0.15, 0.2) is 0 Å². The number of nitrogens with zero attached hydrogens (tertiary/aromatic N) is 2. The monoisotopic (exact) mass is 403 g/mol. The summed E-state index contributed by atoms with van der Waals surface area (Å²) >= 11 is 6.49. The number of urea groups is 1. The summed E-state index contributed by atoms with van der Waals surface area (Å²) < 4.78 is 0. The second-order valence-electron chi connectivity index (χ2n) is 8.44. The minimum absolute atomic E-state index is 0.0319. The Balaban J connectivity index is 1.35. The lowest BCUT2D eigenvalue weighted by Crippen LogP contribution is -2.39. The molecule has 4 rings (SSSR count). The molecule has 6 heteroatoms. The third-order valence-electron chi connectivity index (χ3n) is 6.53. The van der Waals surface area contributed by atoms with Crippen LogP contribution in [0.5, 0.6) is 0 Å². The molecule has 1 saturated carbocycles. The second kappa shape index (κ2) is 8.73. The van der Waals surface area contributed by atoms with Crippen LogP contribution in [0.3, 0.4) is 0 Å². The van der Waals surface area contributed by atoms with Crippen molar-refractivity contribution in [2.75, 3.05) is 25.0 Å². The van der Waals surface area contributed by atoms with Gasteiger partial charge in [-0.15, -0.1) is 0 Å². The van der Waals surface area contributed by atoms with E-state index in [1.54, 1.807) is 0 Å². The van der Waals surface area contributed by atoms with Crippen LogP contribution in [0.15, 0.2) is 18.2 Å². The molecular weight excluding hydrogens is 374 g/mol. The van der Waals surface area contributed by atoms with Gasteiger partial charge in [-0.1, -0.05) is 36.9 Å². The number of hydrogen-bond donors (Lipinski definition) is 1. The molecule has 2 heterocycles. The molecule has 0 radical (unpaired) electrons. The molecule has 3 fully saturated rings. The van der Waals surface area contributed by atoms with Gasteiger partial charge in [0, 0.05) is 42.3 Å². The van der Waals surface area contributed by atoms with Gasteiger partial charge in [-0.2, -0.15) is 0 Å². The van der Waals surface area contributed by atoms with Gasteiger partial charge in [0.2, 0.25) is 5.91 Å². The van der Waals surface area contributed by atoms with Crippen molar-refractivity contribution in [2.24, 2.45) is 5.92 Å². The lowest BCUT2D eigenvalue weighted by atomic mass is 9.94. The molecule has 152 valence electrons. The van der Waals surface area contributed by atoms with Crippen LogP contribution in [0.25, 0.3) is 0 Å². The quantitative estimate of drug-likeness (QED) is 0.792. The summed E-state index contributed by atoms with van der Waals surface area (Å²) in [6.07, 6.45) is 9.85. The fourth-order valence-electron chi connectivity index (χ4n) is 4.89. The van der Waals surface area contributed by atoms with Crippen LogP contribution in [0.4, 0.5) is 10.5 Å². The molecule has 1 aromatic rings. The normalized spacial score (nSPS) is 23.5. The molecule has 1 N–H and O–H groups in total. The number of nitrogens with one attached hydrogen (secondary N) is 1. The van der Waals surface area contributed by atoms with Crippen molar-refractivity contribution in [2.45, 2.75) is 63.8 Å². The van der Waals surface area contributed by atoms with E-state index in [2.05, 4.69) is 10.2 Å². The zero-order chi connectivity index (χ0) is 19.5. The summed E-state index contributed by atoms with van der Waals surface area (Å²) in [7, 11) is 0. The third-order valence-corrected chi connectivity index (χ3v) is 6.88. The number of hydrogen-bond acceptors (Lipinski definition) is 2. The van der Waals surface area contributed by atoms with Crippen LogP contribution in [0, 0.1) is 5.92 Å². The number of rotatable bonds is 4. The number of benzene rings is 1. The predicted molar refractivity (Wildman–Crippen MR) is 112 cm³/mol. The molecule has 1 aliphatic carbocycles. The molecule has 3 aliphatic rings. The lowest BCUT2D eigenvalue weighted by Gasteiger charge is -2.31. The molecule has 1 unspecified atom stereocenters. The summed E-state index contributed by atoms with van der Waals surface area (Å²) in [4.78, 5) is 29.1. The number of halogens is 1. The van der Waals surface area contributed by atoms with E-state index >= 15 is 0 Å². The Kier molecular flexibility index (Phi) is 6.10. The first-order chi connectivity index (χ1) is 13.6. The lowest BCUT2D eigenvalue weighted by molar-refractivity contribution is -0.133. The van der Waals surface area contributed by atoms with Crippen molar-refractivity contribution in [3.8, 4) is 0 Å². The van der Waals surface area contributed by atoms with Crippen LogP contribution in [0.1, 0.15) is 56.9 Å². The largest absolute Gasteiger partial charge is 0.339 e. The number of amides is 3. The Morgan fingerprint density at radius 3 is 2.50 bits per heavy atom. The summed E-state index contributed by atoms with van der Waals surface area (Å²) in [5.41, 5.74) is 1.71. The zero-order valence-corrected chi connectivity index (χ0v) is 17.2. The number of likely N-dealkylation sites (tertiary alicyclic amines) is 2. The predicted octanol–water partition coefficient (Wildman–Crippen LogP) is 4.69. The fraction of sp³-hybridized carbons (Fsp3) is 0.636. The molecule has 1 aromatic carbocycles. The van der Waals surface area contributed by atoms with Crippen molar-refractivity contribution in [1.82, 2.24) is 9.80 Å². The van der Waals surface area contributed by atoms with Crippen LogP contribution in [0.2, 0.25) is 5.02 Å². The van der Waals surface area contributed by atoms with E-state index in [1.165, 1.54) is 19.3 Å². The van der Waals surface area contributed by atoms with Crippen LogP contribution in [-0.4, -0.2) is 47.4 Å². The molecule has 5 nitrogen and oxygen atoms in total. The summed E-state index contributed by atoms with van der Waals surface area (Å²) in [5.74, 6) is 0.332. The standard InChI is InChI=1S/C22H30ClN3O2/c23-20-15-18(24-22(28)25-11-4-5-12-25)9-8-16(20)14-17-10-13-26(21(17)27)19-6-2-1-3-7-19/h8-9,15,17,19H,1-7,10-14H2,(H,24,28). The van der Waals surface area contributed by atoms with Gasteiger partial charge in [-0.3, -0.25) is 4.79 Å². The first kappa shape index (κ1) is 19.6. The molecule has 2 saturated heterocycles. The van der Waals surface area contributed by atoms with Crippen molar-refractivity contribution < 1.29 is 9.59 Å². The smallest absolute Gasteiger partial charge is 0.321 e. The van der Waals surface area contributed by atoms with E-state index in [0.29, 0.717) is 29.1 Å². The Morgan fingerprint density at radius 2 is 1.79 bits per heavy atom. The first-order valence-electron chi connectivity index (χ1n) is 10.8. The average Bonchev–Trinajstić information content (AvgIpc) is 3.35. The molecule has 1 atom stereocenters. The van der Waals surface area contributed by atoms with Crippen molar-refractivity contribution in [3.05, 3.63) is 28.8 Å². The number of carbonyl (C=O) groups excluding carboxylic acids is 2. The van der Waals surface area contributed by atoms with Gasteiger partial charge in [0.05, 0.1) is 0 Å². The van der Waals surface area contributed by atoms with Gasteiger partial charge in [-0.05, 0) is 56.2 Å². The summed E-state index contributed by atoms with van der Waals surface area (Å²) in [6, 6.07) is 6.05. The highest BCUT2D eigenvalue weighted by molar-refractivity contribution is 6.31. The summed E-state index contributed by atoms with van der Waals surface area (Å²) in [6.45, 7) is 2.52. The highest BCUT2D eigenvalue weighted by atomic mass is 35.5.